The van der Waals surface area contributed by atoms with Crippen molar-refractivity contribution in [2.24, 2.45) is 5.84 Å². The fraction of sp³-hybridized carbons (Fsp3) is 0. The molecule has 1 heterocycles. The van der Waals surface area contributed by atoms with Gasteiger partial charge in [0.2, 0.25) is 5.95 Å². The minimum atomic E-state index is -0.344. The van der Waals surface area contributed by atoms with Crippen molar-refractivity contribution in [3.63, 3.8) is 0 Å². The molecule has 0 radical (unpaired) electrons. The monoisotopic (exact) mass is 219 g/mol. The molecule has 1 aromatic heterocycles. The molecule has 2 aromatic rings. The van der Waals surface area contributed by atoms with Crippen LogP contribution >= 0.6 is 0 Å². The number of hydrogen-bond donors (Lipinski definition) is 3. The number of hydrazine groups is 1. The molecular formula is C10H10FN5. The van der Waals surface area contributed by atoms with Gasteiger partial charge in [-0.3, -0.25) is 5.43 Å². The van der Waals surface area contributed by atoms with Gasteiger partial charge in [-0.25, -0.2) is 15.2 Å². The number of aromatic nitrogens is 2. The summed E-state index contributed by atoms with van der Waals surface area (Å²) in [6.45, 7) is 0. The Hall–Kier alpha value is -2.21. The van der Waals surface area contributed by atoms with Crippen LogP contribution in [0.5, 0.6) is 0 Å². The topological polar surface area (TPSA) is 75.9 Å². The summed E-state index contributed by atoms with van der Waals surface area (Å²) in [4.78, 5) is 7.84. The fourth-order valence-electron chi connectivity index (χ4n) is 1.20. The zero-order chi connectivity index (χ0) is 11.4. The standard InChI is InChI=1S/C10H10FN5/c11-7-3-1-2-4-8(7)14-9-5-6-13-10(15-9)16-12/h1-6H,12H2,(H2,13,14,15,16). The molecule has 0 aliphatic heterocycles. The fourth-order valence-corrected chi connectivity index (χ4v) is 1.20. The number of nitrogens with one attached hydrogen (secondary N) is 2. The van der Waals surface area contributed by atoms with Crippen molar-refractivity contribution < 1.29 is 4.39 Å². The lowest BCUT2D eigenvalue weighted by Crippen LogP contribution is -2.11. The lowest BCUT2D eigenvalue weighted by molar-refractivity contribution is 0.632. The van der Waals surface area contributed by atoms with Crippen LogP contribution in [-0.2, 0) is 0 Å². The molecule has 16 heavy (non-hydrogen) atoms. The molecular weight excluding hydrogens is 209 g/mol. The number of rotatable bonds is 3. The molecule has 0 unspecified atom stereocenters. The second kappa shape index (κ2) is 4.54. The molecule has 0 amide bonds. The van der Waals surface area contributed by atoms with Crippen LogP contribution in [-0.4, -0.2) is 9.97 Å². The molecule has 0 spiro atoms. The first-order valence-electron chi connectivity index (χ1n) is 4.61. The third kappa shape index (κ3) is 2.23. The van der Waals surface area contributed by atoms with Gasteiger partial charge in [-0.15, -0.1) is 0 Å². The molecule has 4 N–H and O–H groups in total. The van der Waals surface area contributed by atoms with E-state index in [2.05, 4.69) is 20.7 Å². The molecule has 0 saturated heterocycles. The van der Waals surface area contributed by atoms with Crippen LogP contribution in [0.2, 0.25) is 0 Å². The van der Waals surface area contributed by atoms with E-state index >= 15 is 0 Å². The summed E-state index contributed by atoms with van der Waals surface area (Å²) in [5.74, 6) is 5.55. The number of nitrogens with two attached hydrogens (primary N) is 1. The molecule has 0 fully saturated rings. The van der Waals surface area contributed by atoms with E-state index in [0.717, 1.165) is 0 Å². The number of halogens is 1. The normalized spacial score (nSPS) is 9.88. The van der Waals surface area contributed by atoms with Gasteiger partial charge in [0, 0.05) is 6.20 Å². The first-order chi connectivity index (χ1) is 7.79. The van der Waals surface area contributed by atoms with Crippen molar-refractivity contribution >= 4 is 17.5 Å². The van der Waals surface area contributed by atoms with Gasteiger partial charge in [0.25, 0.3) is 0 Å². The lowest BCUT2D eigenvalue weighted by Gasteiger charge is -2.06. The summed E-state index contributed by atoms with van der Waals surface area (Å²) in [7, 11) is 0. The first-order valence-corrected chi connectivity index (χ1v) is 4.61. The van der Waals surface area contributed by atoms with E-state index in [1.165, 1.54) is 12.3 Å². The minimum Gasteiger partial charge on any atom is -0.338 e. The Morgan fingerprint density at radius 1 is 1.19 bits per heavy atom. The van der Waals surface area contributed by atoms with Crippen LogP contribution in [0.25, 0.3) is 0 Å². The highest BCUT2D eigenvalue weighted by molar-refractivity contribution is 5.57. The Labute approximate surface area is 91.5 Å². The van der Waals surface area contributed by atoms with Crippen molar-refractivity contribution in [2.45, 2.75) is 0 Å². The number of nitrogens with zero attached hydrogens (tertiary/aromatic N) is 2. The Bertz CT molecular complexity index is 488. The molecule has 0 bridgehead atoms. The highest BCUT2D eigenvalue weighted by Crippen LogP contribution is 2.17. The highest BCUT2D eigenvalue weighted by atomic mass is 19.1. The molecule has 6 heteroatoms. The molecule has 0 saturated carbocycles. The highest BCUT2D eigenvalue weighted by Gasteiger charge is 2.02. The van der Waals surface area contributed by atoms with Gasteiger partial charge in [0.15, 0.2) is 0 Å². The zero-order valence-electron chi connectivity index (χ0n) is 8.31. The summed E-state index contributed by atoms with van der Waals surface area (Å²) in [6, 6.07) is 7.95. The number of nitrogen functional groups attached to an aromatic ring is 1. The summed E-state index contributed by atoms with van der Waals surface area (Å²) in [5, 5.41) is 2.83. The smallest absolute Gasteiger partial charge is 0.239 e. The minimum absolute atomic E-state index is 0.265. The number of para-hydroxylation sites is 1. The van der Waals surface area contributed by atoms with Crippen LogP contribution < -0.4 is 16.6 Å². The SMILES string of the molecule is NNc1nccc(Nc2ccccc2F)n1. The Kier molecular flexibility index (Phi) is 2.93. The van der Waals surface area contributed by atoms with E-state index in [0.29, 0.717) is 11.5 Å². The average Bonchev–Trinajstić information content (AvgIpc) is 2.32. The van der Waals surface area contributed by atoms with E-state index in [-0.39, 0.29) is 11.8 Å². The third-order valence-corrected chi connectivity index (χ3v) is 1.92. The van der Waals surface area contributed by atoms with E-state index in [1.54, 1.807) is 24.3 Å². The molecule has 82 valence electrons. The van der Waals surface area contributed by atoms with Crippen molar-refractivity contribution in [3.05, 3.63) is 42.3 Å². The third-order valence-electron chi connectivity index (χ3n) is 1.92. The second-order valence-corrected chi connectivity index (χ2v) is 3.01. The van der Waals surface area contributed by atoms with Crippen molar-refractivity contribution in [1.29, 1.82) is 0 Å². The Morgan fingerprint density at radius 3 is 2.75 bits per heavy atom. The zero-order valence-corrected chi connectivity index (χ0v) is 8.31. The average molecular weight is 219 g/mol. The summed E-state index contributed by atoms with van der Waals surface area (Å²) >= 11 is 0. The lowest BCUT2D eigenvalue weighted by atomic mass is 10.3. The van der Waals surface area contributed by atoms with Gasteiger partial charge < -0.3 is 5.32 Å². The molecule has 0 aliphatic carbocycles. The van der Waals surface area contributed by atoms with Gasteiger partial charge in [0.1, 0.15) is 11.6 Å². The van der Waals surface area contributed by atoms with Crippen LogP contribution in [0, 0.1) is 5.82 Å². The van der Waals surface area contributed by atoms with Gasteiger partial charge in [-0.2, -0.15) is 4.98 Å². The van der Waals surface area contributed by atoms with Gasteiger partial charge in [-0.1, -0.05) is 12.1 Å². The predicted octanol–water partition coefficient (Wildman–Crippen LogP) is 1.64. The summed E-state index contributed by atoms with van der Waals surface area (Å²) in [5.41, 5.74) is 2.66. The van der Waals surface area contributed by atoms with Gasteiger partial charge >= 0.3 is 0 Å². The number of hydrogen-bond acceptors (Lipinski definition) is 5. The van der Waals surface area contributed by atoms with Crippen LogP contribution in [0.3, 0.4) is 0 Å². The molecule has 1 aromatic carbocycles. The Balaban J connectivity index is 2.24. The quantitative estimate of drug-likeness (QED) is 0.540. The molecule has 0 atom stereocenters. The van der Waals surface area contributed by atoms with E-state index in [1.807, 2.05) is 0 Å². The van der Waals surface area contributed by atoms with Crippen LogP contribution in [0.15, 0.2) is 36.5 Å². The summed E-state index contributed by atoms with van der Waals surface area (Å²) < 4.78 is 13.3. The molecule has 0 aliphatic rings. The first kappa shape index (κ1) is 10.3. The van der Waals surface area contributed by atoms with Crippen LogP contribution in [0.4, 0.5) is 21.8 Å². The predicted molar refractivity (Wildman–Crippen MR) is 59.5 cm³/mol. The molecule has 5 nitrogen and oxygen atoms in total. The van der Waals surface area contributed by atoms with E-state index in [4.69, 9.17) is 5.84 Å². The number of anilines is 3. The van der Waals surface area contributed by atoms with Crippen molar-refractivity contribution in [2.75, 3.05) is 10.7 Å². The number of benzene rings is 1. The van der Waals surface area contributed by atoms with E-state index < -0.39 is 0 Å². The Morgan fingerprint density at radius 2 is 2.00 bits per heavy atom. The van der Waals surface area contributed by atoms with Crippen molar-refractivity contribution in [1.82, 2.24) is 9.97 Å². The largest absolute Gasteiger partial charge is 0.338 e. The molecule has 2 rings (SSSR count). The maximum absolute atomic E-state index is 13.3. The van der Waals surface area contributed by atoms with Gasteiger partial charge in [0.05, 0.1) is 5.69 Å². The van der Waals surface area contributed by atoms with Crippen LogP contribution in [0.1, 0.15) is 0 Å². The second-order valence-electron chi connectivity index (χ2n) is 3.01. The summed E-state index contributed by atoms with van der Waals surface area (Å²) in [6.07, 6.45) is 1.52. The van der Waals surface area contributed by atoms with E-state index in [9.17, 15) is 4.39 Å². The van der Waals surface area contributed by atoms with Crippen molar-refractivity contribution in [3.8, 4) is 0 Å². The maximum Gasteiger partial charge on any atom is 0.239 e. The van der Waals surface area contributed by atoms with Gasteiger partial charge in [-0.05, 0) is 18.2 Å². The maximum atomic E-state index is 13.3.